The van der Waals surface area contributed by atoms with Gasteiger partial charge in [0, 0.05) is 0 Å². The molecule has 0 saturated carbocycles. The van der Waals surface area contributed by atoms with E-state index in [-0.39, 0.29) is 19.4 Å². The first kappa shape index (κ1) is 19.7. The van der Waals surface area contributed by atoms with Gasteiger partial charge in [-0.25, -0.2) is 0 Å². The Kier molecular flexibility index (Phi) is 6.95. The van der Waals surface area contributed by atoms with Crippen LogP contribution in [0.15, 0.2) is 30.3 Å². The molecule has 0 spiro atoms. The van der Waals surface area contributed by atoms with Crippen LogP contribution >= 0.6 is 0 Å². The van der Waals surface area contributed by atoms with Gasteiger partial charge in [-0.05, 0) is 33.3 Å². The van der Waals surface area contributed by atoms with Crippen LogP contribution in [0.4, 0.5) is 0 Å². The summed E-state index contributed by atoms with van der Waals surface area (Å²) in [4.78, 5) is 34.2. The number of rotatable bonds is 9. The van der Waals surface area contributed by atoms with Crippen LogP contribution in [0.25, 0.3) is 0 Å². The third kappa shape index (κ3) is 7.76. The summed E-state index contributed by atoms with van der Waals surface area (Å²) < 4.78 is 15.3. The van der Waals surface area contributed by atoms with Gasteiger partial charge in [-0.2, -0.15) is 0 Å². The number of hydrogen-bond donors (Lipinski definition) is 0. The van der Waals surface area contributed by atoms with Gasteiger partial charge in [-0.15, -0.1) is 0 Å². The smallest absolute Gasteiger partial charge is 0.310 e. The van der Waals surface area contributed by atoms with Gasteiger partial charge < -0.3 is 14.2 Å². The first-order chi connectivity index (χ1) is 11.1. The number of ether oxygens (including phenoxy) is 3. The summed E-state index contributed by atoms with van der Waals surface area (Å²) in [7, 11) is 0. The van der Waals surface area contributed by atoms with E-state index in [2.05, 4.69) is 0 Å². The van der Waals surface area contributed by atoms with Crippen molar-refractivity contribution >= 4 is 18.4 Å². The van der Waals surface area contributed by atoms with Crippen LogP contribution in [0.1, 0.15) is 46.1 Å². The van der Waals surface area contributed by atoms with Crippen LogP contribution in [0.5, 0.6) is 0 Å². The number of carbonyl (C=O) groups excluding carboxylic acids is 3. The van der Waals surface area contributed by atoms with Gasteiger partial charge in [-0.3, -0.25) is 14.4 Å². The molecule has 1 aromatic carbocycles. The molecule has 0 aliphatic carbocycles. The molecule has 132 valence electrons. The molecule has 0 unspecified atom stereocenters. The SMILES string of the molecule is CC(C)(CC(=O)OC(C)(C)CC(=O)OCc1ccccc1)OC=O. The van der Waals surface area contributed by atoms with Crippen LogP contribution in [0.3, 0.4) is 0 Å². The Morgan fingerprint density at radius 2 is 1.54 bits per heavy atom. The number of esters is 2. The Morgan fingerprint density at radius 1 is 0.958 bits per heavy atom. The maximum absolute atomic E-state index is 11.9. The maximum atomic E-state index is 11.9. The Labute approximate surface area is 142 Å². The van der Waals surface area contributed by atoms with Gasteiger partial charge >= 0.3 is 11.9 Å². The molecule has 0 N–H and O–H groups in total. The predicted octanol–water partition coefficient (Wildman–Crippen LogP) is 2.78. The van der Waals surface area contributed by atoms with E-state index in [1.807, 2.05) is 30.3 Å². The Bertz CT molecular complexity index is 562. The minimum Gasteiger partial charge on any atom is -0.461 e. The van der Waals surface area contributed by atoms with Crippen LogP contribution < -0.4 is 0 Å². The lowest BCUT2D eigenvalue weighted by molar-refractivity contribution is -0.168. The predicted molar refractivity (Wildman–Crippen MR) is 86.9 cm³/mol. The molecule has 24 heavy (non-hydrogen) atoms. The Hall–Kier alpha value is -2.37. The van der Waals surface area contributed by atoms with Crippen molar-refractivity contribution in [1.82, 2.24) is 0 Å². The Balaban J connectivity index is 2.45. The van der Waals surface area contributed by atoms with E-state index in [4.69, 9.17) is 14.2 Å². The maximum Gasteiger partial charge on any atom is 0.310 e. The van der Waals surface area contributed by atoms with Crippen molar-refractivity contribution in [3.05, 3.63) is 35.9 Å². The fraction of sp³-hybridized carbons (Fsp3) is 0.500. The van der Waals surface area contributed by atoms with Crippen molar-refractivity contribution in [2.75, 3.05) is 0 Å². The summed E-state index contributed by atoms with van der Waals surface area (Å²) in [5.74, 6) is -1.01. The standard InChI is InChI=1S/C18H24O6/c1-17(2,23-13-19)11-16(21)24-18(3,4)10-15(20)22-12-14-8-6-5-7-9-14/h5-9,13H,10-12H2,1-4H3. The molecule has 0 aromatic heterocycles. The molecule has 1 aromatic rings. The monoisotopic (exact) mass is 336 g/mol. The second-order valence-corrected chi connectivity index (χ2v) is 6.71. The quantitative estimate of drug-likeness (QED) is 0.392. The van der Waals surface area contributed by atoms with E-state index in [1.54, 1.807) is 27.7 Å². The fourth-order valence-corrected chi connectivity index (χ4v) is 2.04. The third-order valence-corrected chi connectivity index (χ3v) is 3.14. The topological polar surface area (TPSA) is 78.9 Å². The average Bonchev–Trinajstić information content (AvgIpc) is 2.44. The summed E-state index contributed by atoms with van der Waals surface area (Å²) in [6.45, 7) is 6.92. The molecule has 0 fully saturated rings. The molecule has 0 aliphatic rings. The molecule has 0 atom stereocenters. The third-order valence-electron chi connectivity index (χ3n) is 3.14. The van der Waals surface area contributed by atoms with Gasteiger partial charge in [0.1, 0.15) is 17.8 Å². The van der Waals surface area contributed by atoms with Crippen molar-refractivity contribution in [2.24, 2.45) is 0 Å². The first-order valence-electron chi connectivity index (χ1n) is 7.66. The van der Waals surface area contributed by atoms with E-state index in [0.717, 1.165) is 5.56 Å². The second-order valence-electron chi connectivity index (χ2n) is 6.71. The van der Waals surface area contributed by atoms with E-state index < -0.39 is 23.1 Å². The minimum atomic E-state index is -1.01. The molecule has 6 heteroatoms. The molecule has 0 amide bonds. The van der Waals surface area contributed by atoms with Crippen molar-refractivity contribution in [2.45, 2.75) is 58.3 Å². The van der Waals surface area contributed by atoms with Crippen molar-refractivity contribution < 1.29 is 28.6 Å². The van der Waals surface area contributed by atoms with Gasteiger partial charge in [-0.1, -0.05) is 30.3 Å². The van der Waals surface area contributed by atoms with E-state index in [0.29, 0.717) is 6.47 Å². The summed E-state index contributed by atoms with van der Waals surface area (Å²) in [5, 5.41) is 0. The van der Waals surface area contributed by atoms with Crippen molar-refractivity contribution in [1.29, 1.82) is 0 Å². The number of hydrogen-bond acceptors (Lipinski definition) is 6. The summed E-state index contributed by atoms with van der Waals surface area (Å²) in [6, 6.07) is 9.31. The highest BCUT2D eigenvalue weighted by Gasteiger charge is 2.31. The van der Waals surface area contributed by atoms with Gasteiger partial charge in [0.15, 0.2) is 0 Å². The van der Waals surface area contributed by atoms with Crippen molar-refractivity contribution in [3.63, 3.8) is 0 Å². The Morgan fingerprint density at radius 3 is 2.12 bits per heavy atom. The molecule has 1 rings (SSSR count). The number of carbonyl (C=O) groups is 3. The molecule has 0 saturated heterocycles. The highest BCUT2D eigenvalue weighted by Crippen LogP contribution is 2.20. The van der Waals surface area contributed by atoms with Crippen LogP contribution in [-0.4, -0.2) is 29.6 Å². The second kappa shape index (κ2) is 8.47. The normalized spacial score (nSPS) is 11.5. The molecule has 0 heterocycles. The van der Waals surface area contributed by atoms with E-state index in [1.165, 1.54) is 0 Å². The first-order valence-corrected chi connectivity index (χ1v) is 7.66. The molecule has 0 aliphatic heterocycles. The zero-order valence-corrected chi connectivity index (χ0v) is 14.5. The highest BCUT2D eigenvalue weighted by molar-refractivity contribution is 5.74. The lowest BCUT2D eigenvalue weighted by Crippen LogP contribution is -2.35. The van der Waals surface area contributed by atoms with Gasteiger partial charge in [0.25, 0.3) is 6.47 Å². The van der Waals surface area contributed by atoms with Gasteiger partial charge in [0.05, 0.1) is 12.8 Å². The van der Waals surface area contributed by atoms with E-state index in [9.17, 15) is 14.4 Å². The molecular formula is C18H24O6. The van der Waals surface area contributed by atoms with Gasteiger partial charge in [0.2, 0.25) is 0 Å². The molecular weight excluding hydrogens is 312 g/mol. The van der Waals surface area contributed by atoms with Crippen LogP contribution in [-0.2, 0) is 35.2 Å². The number of benzene rings is 1. The molecule has 0 bridgehead atoms. The highest BCUT2D eigenvalue weighted by atomic mass is 16.6. The summed E-state index contributed by atoms with van der Waals surface area (Å²) in [6.07, 6.45) is -0.172. The van der Waals surface area contributed by atoms with Crippen molar-refractivity contribution in [3.8, 4) is 0 Å². The molecule has 0 radical (unpaired) electrons. The minimum absolute atomic E-state index is 0.0689. The zero-order valence-electron chi connectivity index (χ0n) is 14.5. The zero-order chi connectivity index (χ0) is 18.2. The fourth-order valence-electron chi connectivity index (χ4n) is 2.04. The van der Waals surface area contributed by atoms with Crippen LogP contribution in [0, 0.1) is 0 Å². The lowest BCUT2D eigenvalue weighted by Gasteiger charge is -2.27. The van der Waals surface area contributed by atoms with E-state index >= 15 is 0 Å². The summed E-state index contributed by atoms with van der Waals surface area (Å²) >= 11 is 0. The molecule has 6 nitrogen and oxygen atoms in total. The van der Waals surface area contributed by atoms with Crippen LogP contribution in [0.2, 0.25) is 0 Å². The lowest BCUT2D eigenvalue weighted by atomic mass is 10.0. The largest absolute Gasteiger partial charge is 0.461 e. The summed E-state index contributed by atoms with van der Waals surface area (Å²) in [5.41, 5.74) is -1.08. The average molecular weight is 336 g/mol.